The van der Waals surface area contributed by atoms with E-state index in [-0.39, 0.29) is 5.78 Å². The van der Waals surface area contributed by atoms with Crippen LogP contribution in [-0.2, 0) is 0 Å². The molecule has 0 aromatic carbocycles. The molecule has 2 rings (SSSR count). The predicted octanol–water partition coefficient (Wildman–Crippen LogP) is 3.64. The molecule has 2 heterocycles. The molecule has 0 spiro atoms. The molecule has 0 saturated heterocycles. The van der Waals surface area contributed by atoms with Crippen LogP contribution in [0.2, 0.25) is 0 Å². The van der Waals surface area contributed by atoms with E-state index in [1.165, 1.54) is 17.6 Å². The van der Waals surface area contributed by atoms with E-state index in [0.717, 1.165) is 10.4 Å². The van der Waals surface area contributed by atoms with Gasteiger partial charge < -0.3 is 4.42 Å². The Balaban J connectivity index is 2.44. The summed E-state index contributed by atoms with van der Waals surface area (Å²) in [6, 6.07) is 3.64. The van der Waals surface area contributed by atoms with Crippen LogP contribution in [0.3, 0.4) is 0 Å². The quantitative estimate of drug-likeness (QED) is 0.780. The lowest BCUT2D eigenvalue weighted by Gasteiger charge is -1.95. The third-order valence-corrected chi connectivity index (χ3v) is 3.53. The summed E-state index contributed by atoms with van der Waals surface area (Å²) < 4.78 is 5.82. The molecule has 0 aliphatic heterocycles. The van der Waals surface area contributed by atoms with E-state index in [4.69, 9.17) is 4.42 Å². The van der Waals surface area contributed by atoms with Gasteiger partial charge in [0.2, 0.25) is 5.78 Å². The van der Waals surface area contributed by atoms with E-state index in [2.05, 4.69) is 15.9 Å². The van der Waals surface area contributed by atoms with Gasteiger partial charge in [-0.3, -0.25) is 4.79 Å². The molecule has 0 amide bonds. The standard InChI is InChI=1S/C10H7BrO2S/c1-6-3-5-14-10(6)8(12)9-7(11)2-4-13-9/h2-5H,1H3. The second kappa shape index (κ2) is 3.71. The lowest BCUT2D eigenvalue weighted by molar-refractivity contribution is 0.101. The number of hydrogen-bond acceptors (Lipinski definition) is 3. The van der Waals surface area contributed by atoms with E-state index >= 15 is 0 Å². The fourth-order valence-electron chi connectivity index (χ4n) is 1.16. The van der Waals surface area contributed by atoms with Gasteiger partial charge in [-0.2, -0.15) is 0 Å². The molecule has 0 bridgehead atoms. The molecule has 14 heavy (non-hydrogen) atoms. The van der Waals surface area contributed by atoms with Crippen LogP contribution in [-0.4, -0.2) is 5.78 Å². The van der Waals surface area contributed by atoms with Crippen LogP contribution in [0.4, 0.5) is 0 Å². The van der Waals surface area contributed by atoms with Crippen LogP contribution in [0.25, 0.3) is 0 Å². The number of hydrogen-bond donors (Lipinski definition) is 0. The van der Waals surface area contributed by atoms with Crippen molar-refractivity contribution in [3.8, 4) is 0 Å². The maximum atomic E-state index is 11.9. The van der Waals surface area contributed by atoms with Gasteiger partial charge in [0, 0.05) is 0 Å². The summed E-state index contributed by atoms with van der Waals surface area (Å²) >= 11 is 4.70. The van der Waals surface area contributed by atoms with Crippen molar-refractivity contribution in [1.29, 1.82) is 0 Å². The Morgan fingerprint density at radius 3 is 2.79 bits per heavy atom. The minimum Gasteiger partial charge on any atom is -0.460 e. The topological polar surface area (TPSA) is 30.2 Å². The van der Waals surface area contributed by atoms with Crippen molar-refractivity contribution in [3.63, 3.8) is 0 Å². The first kappa shape index (κ1) is 9.68. The summed E-state index contributed by atoms with van der Waals surface area (Å²) in [6.45, 7) is 1.92. The molecule has 0 radical (unpaired) electrons. The summed E-state index contributed by atoms with van der Waals surface area (Å²) in [4.78, 5) is 12.6. The predicted molar refractivity (Wildman–Crippen MR) is 58.9 cm³/mol. The first-order chi connectivity index (χ1) is 6.70. The Labute approximate surface area is 93.7 Å². The van der Waals surface area contributed by atoms with Gasteiger partial charge in [0.05, 0.1) is 15.6 Å². The fraction of sp³-hybridized carbons (Fsp3) is 0.100. The van der Waals surface area contributed by atoms with Gasteiger partial charge in [-0.1, -0.05) is 0 Å². The van der Waals surface area contributed by atoms with Gasteiger partial charge in [0.25, 0.3) is 0 Å². The molecule has 4 heteroatoms. The zero-order chi connectivity index (χ0) is 10.1. The van der Waals surface area contributed by atoms with Crippen LogP contribution in [0.15, 0.2) is 32.7 Å². The third-order valence-electron chi connectivity index (χ3n) is 1.89. The maximum absolute atomic E-state index is 11.9. The normalized spacial score (nSPS) is 10.4. The Kier molecular flexibility index (Phi) is 2.56. The highest BCUT2D eigenvalue weighted by atomic mass is 79.9. The van der Waals surface area contributed by atoms with Crippen molar-refractivity contribution in [3.05, 3.63) is 44.4 Å². The number of ketones is 1. The zero-order valence-electron chi connectivity index (χ0n) is 7.41. The highest BCUT2D eigenvalue weighted by Gasteiger charge is 2.18. The van der Waals surface area contributed by atoms with Crippen molar-refractivity contribution in [2.45, 2.75) is 6.92 Å². The molecule has 0 saturated carbocycles. The van der Waals surface area contributed by atoms with Gasteiger partial charge in [-0.25, -0.2) is 0 Å². The SMILES string of the molecule is Cc1ccsc1C(=O)c1occc1Br. The van der Waals surface area contributed by atoms with Crippen molar-refractivity contribution < 1.29 is 9.21 Å². The first-order valence-corrected chi connectivity index (χ1v) is 5.69. The Morgan fingerprint density at radius 1 is 1.50 bits per heavy atom. The monoisotopic (exact) mass is 270 g/mol. The number of halogens is 1. The minimum atomic E-state index is -0.0608. The molecule has 2 aromatic rings. The highest BCUT2D eigenvalue weighted by molar-refractivity contribution is 9.10. The summed E-state index contributed by atoms with van der Waals surface area (Å²) in [5.41, 5.74) is 0.989. The molecule has 2 nitrogen and oxygen atoms in total. The van der Waals surface area contributed by atoms with Crippen LogP contribution in [0.5, 0.6) is 0 Å². The lowest BCUT2D eigenvalue weighted by Crippen LogP contribution is -1.99. The van der Waals surface area contributed by atoms with E-state index < -0.39 is 0 Å². The van der Waals surface area contributed by atoms with E-state index in [0.29, 0.717) is 10.2 Å². The van der Waals surface area contributed by atoms with Crippen molar-refractivity contribution in [2.75, 3.05) is 0 Å². The van der Waals surface area contributed by atoms with E-state index in [9.17, 15) is 4.79 Å². The molecule has 2 aromatic heterocycles. The fourth-order valence-corrected chi connectivity index (χ4v) is 2.41. The minimum absolute atomic E-state index is 0.0608. The number of carbonyl (C=O) groups excluding carboxylic acids is 1. The second-order valence-electron chi connectivity index (χ2n) is 2.86. The Hall–Kier alpha value is -0.870. The van der Waals surface area contributed by atoms with Crippen LogP contribution in [0, 0.1) is 6.92 Å². The van der Waals surface area contributed by atoms with Gasteiger partial charge in [0.15, 0.2) is 5.76 Å². The van der Waals surface area contributed by atoms with Crippen LogP contribution >= 0.6 is 27.3 Å². The average molecular weight is 271 g/mol. The first-order valence-electron chi connectivity index (χ1n) is 4.02. The smallest absolute Gasteiger partial charge is 0.239 e. The van der Waals surface area contributed by atoms with Gasteiger partial charge in [0.1, 0.15) is 0 Å². The van der Waals surface area contributed by atoms with Crippen molar-refractivity contribution in [1.82, 2.24) is 0 Å². The molecular formula is C10H7BrO2S. The van der Waals surface area contributed by atoms with E-state index in [1.54, 1.807) is 6.07 Å². The summed E-state index contributed by atoms with van der Waals surface area (Å²) in [5.74, 6) is 0.310. The highest BCUT2D eigenvalue weighted by Crippen LogP contribution is 2.25. The van der Waals surface area contributed by atoms with E-state index in [1.807, 2.05) is 18.4 Å². The maximum Gasteiger partial charge on any atom is 0.239 e. The van der Waals surface area contributed by atoms with Gasteiger partial charge >= 0.3 is 0 Å². The largest absolute Gasteiger partial charge is 0.460 e. The molecule has 0 aliphatic rings. The molecule has 0 N–H and O–H groups in total. The zero-order valence-corrected chi connectivity index (χ0v) is 9.81. The lowest BCUT2D eigenvalue weighted by atomic mass is 10.2. The molecule has 0 unspecified atom stereocenters. The van der Waals surface area contributed by atoms with Crippen molar-refractivity contribution in [2.24, 2.45) is 0 Å². The summed E-state index contributed by atoms with van der Waals surface area (Å²) in [7, 11) is 0. The van der Waals surface area contributed by atoms with Crippen LogP contribution < -0.4 is 0 Å². The third kappa shape index (κ3) is 1.55. The number of thiophene rings is 1. The molecule has 0 fully saturated rings. The molecule has 0 aliphatic carbocycles. The second-order valence-corrected chi connectivity index (χ2v) is 4.63. The molecule has 72 valence electrons. The number of furan rings is 1. The number of aryl methyl sites for hydroxylation is 1. The van der Waals surface area contributed by atoms with Gasteiger partial charge in [-0.15, -0.1) is 11.3 Å². The molecular weight excluding hydrogens is 264 g/mol. The van der Waals surface area contributed by atoms with Gasteiger partial charge in [-0.05, 0) is 45.9 Å². The summed E-state index contributed by atoms with van der Waals surface area (Å²) in [6.07, 6.45) is 1.50. The Morgan fingerprint density at radius 2 is 2.29 bits per heavy atom. The van der Waals surface area contributed by atoms with Crippen LogP contribution in [0.1, 0.15) is 21.0 Å². The number of rotatable bonds is 2. The number of carbonyl (C=O) groups is 1. The average Bonchev–Trinajstić information content (AvgIpc) is 2.73. The summed E-state index contributed by atoms with van der Waals surface area (Å²) in [5, 5.41) is 1.90. The Bertz CT molecular complexity index is 428. The molecule has 0 atom stereocenters. The van der Waals surface area contributed by atoms with Crippen molar-refractivity contribution >= 4 is 33.0 Å².